The molecule has 1 N–H and O–H groups in total. The number of rotatable bonds is 4. The number of amides is 1. The second-order valence-electron chi connectivity index (χ2n) is 6.68. The first kappa shape index (κ1) is 20.5. The van der Waals surface area contributed by atoms with Crippen molar-refractivity contribution >= 4 is 17.5 Å². The topological polar surface area (TPSA) is 49.8 Å². The largest absolute Gasteiger partial charge is 0.487 e. The number of aliphatic hydroxyl groups is 1. The van der Waals surface area contributed by atoms with Crippen LogP contribution in [0.1, 0.15) is 34.3 Å². The highest BCUT2D eigenvalue weighted by molar-refractivity contribution is 6.32. The van der Waals surface area contributed by atoms with Gasteiger partial charge >= 0.3 is 6.18 Å². The summed E-state index contributed by atoms with van der Waals surface area (Å²) in [6, 6.07) is 9.70. The normalized spacial score (nSPS) is 17.5. The maximum Gasteiger partial charge on any atom is 0.416 e. The molecule has 1 atom stereocenters. The van der Waals surface area contributed by atoms with Crippen molar-refractivity contribution < 1.29 is 27.8 Å². The summed E-state index contributed by atoms with van der Waals surface area (Å²) in [5.41, 5.74) is 0.300. The highest BCUT2D eigenvalue weighted by Crippen LogP contribution is 2.35. The Balaban J connectivity index is 1.67. The van der Waals surface area contributed by atoms with Crippen LogP contribution in [0.3, 0.4) is 0 Å². The third-order valence-electron chi connectivity index (χ3n) is 4.51. The molecule has 0 bridgehead atoms. The minimum atomic E-state index is -4.47. The predicted octanol–water partition coefficient (Wildman–Crippen LogP) is 4.53. The van der Waals surface area contributed by atoms with Gasteiger partial charge in [0.05, 0.1) is 16.7 Å². The highest BCUT2D eigenvalue weighted by atomic mass is 35.5. The van der Waals surface area contributed by atoms with E-state index in [4.69, 9.17) is 16.3 Å². The van der Waals surface area contributed by atoms with E-state index in [-0.39, 0.29) is 23.3 Å². The number of hydrogen-bond acceptors (Lipinski definition) is 3. The van der Waals surface area contributed by atoms with Crippen LogP contribution >= 0.6 is 11.6 Å². The van der Waals surface area contributed by atoms with Gasteiger partial charge in [-0.25, -0.2) is 0 Å². The molecule has 0 aliphatic carbocycles. The lowest BCUT2D eigenvalue weighted by Gasteiger charge is -2.30. The van der Waals surface area contributed by atoms with Crippen molar-refractivity contribution in [3.8, 4) is 5.75 Å². The minimum Gasteiger partial charge on any atom is -0.487 e. The Morgan fingerprint density at radius 3 is 2.71 bits per heavy atom. The van der Waals surface area contributed by atoms with Crippen molar-refractivity contribution in [1.29, 1.82) is 0 Å². The van der Waals surface area contributed by atoms with Gasteiger partial charge in [-0.15, -0.1) is 0 Å². The number of nitrogens with zero attached hydrogens (tertiary/aromatic N) is 1. The molecule has 3 rings (SSSR count). The van der Waals surface area contributed by atoms with Crippen LogP contribution in [-0.2, 0) is 12.8 Å². The van der Waals surface area contributed by atoms with Crippen LogP contribution in [-0.4, -0.2) is 35.1 Å². The molecule has 1 aliphatic rings. The predicted molar refractivity (Wildman–Crippen MR) is 98.4 cm³/mol. The lowest BCUT2D eigenvalue weighted by molar-refractivity contribution is -0.137. The van der Waals surface area contributed by atoms with Crippen LogP contribution in [0, 0.1) is 0 Å². The van der Waals surface area contributed by atoms with E-state index in [0.717, 1.165) is 18.6 Å². The molecule has 1 aliphatic heterocycles. The van der Waals surface area contributed by atoms with E-state index in [1.165, 1.54) is 6.07 Å². The van der Waals surface area contributed by atoms with Crippen LogP contribution in [0.2, 0.25) is 5.02 Å². The Bertz CT molecular complexity index is 857. The molecule has 150 valence electrons. The fourth-order valence-electron chi connectivity index (χ4n) is 3.07. The zero-order valence-corrected chi connectivity index (χ0v) is 15.6. The average Bonchev–Trinajstić information content (AvgIpc) is 2.66. The Kier molecular flexibility index (Phi) is 6.15. The second kappa shape index (κ2) is 8.41. The second-order valence-corrected chi connectivity index (χ2v) is 7.09. The summed E-state index contributed by atoms with van der Waals surface area (Å²) in [5, 5.41) is 9.60. The summed E-state index contributed by atoms with van der Waals surface area (Å²) in [6.45, 7) is 0.952. The molecule has 4 nitrogen and oxygen atoms in total. The van der Waals surface area contributed by atoms with Gasteiger partial charge in [0.15, 0.2) is 0 Å². The van der Waals surface area contributed by atoms with Crippen molar-refractivity contribution in [2.45, 2.75) is 31.7 Å². The highest BCUT2D eigenvalue weighted by Gasteiger charge is 2.31. The number of β-amino-alcohol motifs (C(OH)–C–C–N with tert-alkyl or cyclic N) is 1. The molecule has 1 heterocycles. The standard InChI is InChI=1S/C20H19ClF3NO3/c21-17-10-15(20(22,23)24)6-7-18(17)28-12-13-3-1-4-14(9-13)19(27)25-8-2-5-16(26)11-25/h1,3-4,6-7,9-10,16,26H,2,5,8,11-12H2. The summed E-state index contributed by atoms with van der Waals surface area (Å²) in [5.74, 6) is -0.0429. The van der Waals surface area contributed by atoms with Crippen molar-refractivity contribution in [2.75, 3.05) is 13.1 Å². The lowest BCUT2D eigenvalue weighted by Crippen LogP contribution is -2.42. The zero-order chi connectivity index (χ0) is 20.3. The van der Waals surface area contributed by atoms with E-state index in [1.54, 1.807) is 29.2 Å². The van der Waals surface area contributed by atoms with Gasteiger partial charge in [0.1, 0.15) is 12.4 Å². The first-order chi connectivity index (χ1) is 13.2. The van der Waals surface area contributed by atoms with Crippen molar-refractivity contribution in [3.63, 3.8) is 0 Å². The van der Waals surface area contributed by atoms with Crippen molar-refractivity contribution in [2.24, 2.45) is 0 Å². The quantitative estimate of drug-likeness (QED) is 0.801. The molecule has 0 saturated carbocycles. The van der Waals surface area contributed by atoms with E-state index in [2.05, 4.69) is 0 Å². The van der Waals surface area contributed by atoms with Gasteiger partial charge in [-0.2, -0.15) is 13.2 Å². The van der Waals surface area contributed by atoms with Gasteiger partial charge in [0, 0.05) is 18.7 Å². The average molecular weight is 414 g/mol. The van der Waals surface area contributed by atoms with Crippen LogP contribution < -0.4 is 4.74 Å². The van der Waals surface area contributed by atoms with Crippen molar-refractivity contribution in [3.05, 3.63) is 64.2 Å². The van der Waals surface area contributed by atoms with E-state index in [1.807, 2.05) is 0 Å². The summed E-state index contributed by atoms with van der Waals surface area (Å²) in [6.07, 6.45) is -3.54. The van der Waals surface area contributed by atoms with Gasteiger partial charge in [-0.05, 0) is 48.7 Å². The number of benzene rings is 2. The van der Waals surface area contributed by atoms with Crippen molar-refractivity contribution in [1.82, 2.24) is 4.90 Å². The van der Waals surface area contributed by atoms with Gasteiger partial charge in [-0.3, -0.25) is 4.79 Å². The monoisotopic (exact) mass is 413 g/mol. The SMILES string of the molecule is O=C(c1cccc(COc2ccc(C(F)(F)F)cc2Cl)c1)N1CCCC(O)C1. The molecule has 0 spiro atoms. The number of hydrogen-bond donors (Lipinski definition) is 1. The van der Waals surface area contributed by atoms with Crippen LogP contribution in [0.5, 0.6) is 5.75 Å². The van der Waals surface area contributed by atoms with E-state index < -0.39 is 17.8 Å². The molecule has 1 unspecified atom stereocenters. The zero-order valence-electron chi connectivity index (χ0n) is 14.9. The van der Waals surface area contributed by atoms with Gasteiger partial charge < -0.3 is 14.7 Å². The van der Waals surface area contributed by atoms with Gasteiger partial charge in [-0.1, -0.05) is 23.7 Å². The summed E-state index contributed by atoms with van der Waals surface area (Å²) in [7, 11) is 0. The first-order valence-corrected chi connectivity index (χ1v) is 9.17. The maximum absolute atomic E-state index is 12.7. The molecule has 8 heteroatoms. The molecular weight excluding hydrogens is 395 g/mol. The number of aliphatic hydroxyl groups excluding tert-OH is 1. The maximum atomic E-state index is 12.7. The lowest BCUT2D eigenvalue weighted by atomic mass is 10.1. The first-order valence-electron chi connectivity index (χ1n) is 8.80. The Morgan fingerprint density at radius 1 is 1.25 bits per heavy atom. The summed E-state index contributed by atoms with van der Waals surface area (Å²) >= 11 is 5.89. The molecule has 1 fully saturated rings. The molecule has 1 amide bonds. The number of piperidine rings is 1. The molecular formula is C20H19ClF3NO3. The van der Waals surface area contributed by atoms with E-state index in [0.29, 0.717) is 30.6 Å². The number of carbonyl (C=O) groups excluding carboxylic acids is 1. The van der Waals surface area contributed by atoms with E-state index in [9.17, 15) is 23.1 Å². The number of alkyl halides is 3. The Hall–Kier alpha value is -2.25. The summed E-state index contributed by atoms with van der Waals surface area (Å²) in [4.78, 5) is 14.2. The molecule has 28 heavy (non-hydrogen) atoms. The minimum absolute atomic E-state index is 0.0504. The Labute approximate surface area is 165 Å². The van der Waals surface area contributed by atoms with Gasteiger partial charge in [0.25, 0.3) is 5.91 Å². The third-order valence-corrected chi connectivity index (χ3v) is 4.81. The van der Waals surface area contributed by atoms with Crippen LogP contribution in [0.4, 0.5) is 13.2 Å². The molecule has 0 radical (unpaired) electrons. The molecule has 1 saturated heterocycles. The molecule has 2 aromatic rings. The third kappa shape index (κ3) is 4.97. The number of ether oxygens (including phenoxy) is 1. The summed E-state index contributed by atoms with van der Waals surface area (Å²) < 4.78 is 43.6. The number of halogens is 4. The number of likely N-dealkylation sites (tertiary alicyclic amines) is 1. The smallest absolute Gasteiger partial charge is 0.416 e. The fraction of sp³-hybridized carbons (Fsp3) is 0.350. The molecule has 2 aromatic carbocycles. The van der Waals surface area contributed by atoms with E-state index >= 15 is 0 Å². The number of carbonyl (C=O) groups is 1. The molecule has 0 aromatic heterocycles. The van der Waals surface area contributed by atoms with Crippen LogP contribution in [0.25, 0.3) is 0 Å². The van der Waals surface area contributed by atoms with Gasteiger partial charge in [0.2, 0.25) is 0 Å². The van der Waals surface area contributed by atoms with Crippen LogP contribution in [0.15, 0.2) is 42.5 Å². The fourth-order valence-corrected chi connectivity index (χ4v) is 3.31. The Morgan fingerprint density at radius 2 is 2.04 bits per heavy atom.